The van der Waals surface area contributed by atoms with Gasteiger partial charge in [0.15, 0.2) is 0 Å². The van der Waals surface area contributed by atoms with E-state index in [1.807, 2.05) is 12.3 Å². The fourth-order valence-corrected chi connectivity index (χ4v) is 4.18. The van der Waals surface area contributed by atoms with E-state index >= 15 is 0 Å². The van der Waals surface area contributed by atoms with Gasteiger partial charge in [0.05, 0.1) is 11.5 Å². The van der Waals surface area contributed by atoms with Crippen LogP contribution in [0.25, 0.3) is 11.0 Å². The molecule has 0 saturated heterocycles. The number of aliphatic hydroxyl groups excluding tert-OH is 1. The quantitative estimate of drug-likeness (QED) is 0.877. The number of hydrogen-bond acceptors (Lipinski definition) is 4. The number of rotatable bonds is 2. The summed E-state index contributed by atoms with van der Waals surface area (Å²) in [5.41, 5.74) is 0.899. The third-order valence-corrected chi connectivity index (χ3v) is 5.18. The summed E-state index contributed by atoms with van der Waals surface area (Å²) in [6, 6.07) is 2.58. The molecular weight excluding hydrogens is 252 g/mol. The van der Waals surface area contributed by atoms with Crippen molar-refractivity contribution in [2.45, 2.75) is 37.8 Å². The highest BCUT2D eigenvalue weighted by Gasteiger charge is 2.42. The molecule has 2 aliphatic carbocycles. The maximum atomic E-state index is 9.75. The zero-order valence-electron chi connectivity index (χ0n) is 11.7. The van der Waals surface area contributed by atoms with Crippen LogP contribution in [0.15, 0.2) is 18.6 Å². The number of fused-ring (bicyclic) bond motifs is 2. The van der Waals surface area contributed by atoms with Gasteiger partial charge in [-0.3, -0.25) is 0 Å². The van der Waals surface area contributed by atoms with Gasteiger partial charge in [0.2, 0.25) is 0 Å². The van der Waals surface area contributed by atoms with E-state index in [1.165, 1.54) is 12.8 Å². The summed E-state index contributed by atoms with van der Waals surface area (Å²) in [5, 5.41) is 10.8. The summed E-state index contributed by atoms with van der Waals surface area (Å²) in [6.45, 7) is 0. The largest absolute Gasteiger partial charge is 0.393 e. The fourth-order valence-electron chi connectivity index (χ4n) is 4.18. The molecule has 2 aliphatic rings. The van der Waals surface area contributed by atoms with Crippen LogP contribution in [0, 0.1) is 11.8 Å². The Morgan fingerprint density at radius 2 is 1.95 bits per heavy atom. The van der Waals surface area contributed by atoms with Gasteiger partial charge in [-0.1, -0.05) is 0 Å². The smallest absolute Gasteiger partial charge is 0.142 e. The number of H-pyrrole nitrogens is 1. The van der Waals surface area contributed by atoms with Gasteiger partial charge in [0.1, 0.15) is 17.8 Å². The molecule has 0 aliphatic heterocycles. The van der Waals surface area contributed by atoms with E-state index in [9.17, 15) is 5.11 Å². The Morgan fingerprint density at radius 3 is 2.70 bits per heavy atom. The van der Waals surface area contributed by atoms with E-state index in [0.717, 1.165) is 29.7 Å². The monoisotopic (exact) mass is 272 g/mol. The second-order valence-electron chi connectivity index (χ2n) is 6.32. The van der Waals surface area contributed by atoms with Gasteiger partial charge < -0.3 is 15.0 Å². The number of aromatic nitrogens is 3. The molecule has 20 heavy (non-hydrogen) atoms. The van der Waals surface area contributed by atoms with Crippen molar-refractivity contribution in [3.8, 4) is 0 Å². The minimum atomic E-state index is -0.0633. The Labute approximate surface area is 118 Å². The predicted octanol–water partition coefficient (Wildman–Crippen LogP) is 1.94. The van der Waals surface area contributed by atoms with Crippen LogP contribution in [-0.2, 0) is 0 Å². The molecule has 5 nitrogen and oxygen atoms in total. The van der Waals surface area contributed by atoms with Crippen molar-refractivity contribution in [3.05, 3.63) is 18.6 Å². The second kappa shape index (κ2) is 4.45. The van der Waals surface area contributed by atoms with Crippen LogP contribution < -0.4 is 4.90 Å². The van der Waals surface area contributed by atoms with Crippen molar-refractivity contribution >= 4 is 16.9 Å². The number of aromatic amines is 1. The molecule has 2 saturated carbocycles. The summed E-state index contributed by atoms with van der Waals surface area (Å²) in [6.07, 6.45) is 7.80. The Bertz CT molecular complexity index is 611. The molecule has 2 fully saturated rings. The third-order valence-electron chi connectivity index (χ3n) is 5.18. The number of aliphatic hydroxyl groups is 1. The van der Waals surface area contributed by atoms with E-state index < -0.39 is 0 Å². The number of hydrogen-bond donors (Lipinski definition) is 2. The minimum absolute atomic E-state index is 0.0633. The third kappa shape index (κ3) is 1.80. The van der Waals surface area contributed by atoms with Crippen LogP contribution in [0.3, 0.4) is 0 Å². The van der Waals surface area contributed by atoms with Crippen molar-refractivity contribution in [2.75, 3.05) is 11.9 Å². The summed E-state index contributed by atoms with van der Waals surface area (Å²) >= 11 is 0. The van der Waals surface area contributed by atoms with Crippen molar-refractivity contribution in [2.24, 2.45) is 11.8 Å². The summed E-state index contributed by atoms with van der Waals surface area (Å²) in [7, 11) is 2.14. The van der Waals surface area contributed by atoms with Gasteiger partial charge in [-0.2, -0.15) is 0 Å². The van der Waals surface area contributed by atoms with Crippen LogP contribution in [0.1, 0.15) is 25.7 Å². The topological polar surface area (TPSA) is 65.0 Å². The number of nitrogens with one attached hydrogen (secondary N) is 1. The average Bonchev–Trinajstić information content (AvgIpc) is 3.10. The minimum Gasteiger partial charge on any atom is -0.393 e. The first kappa shape index (κ1) is 12.1. The molecule has 2 N–H and O–H groups in total. The number of nitrogens with zero attached hydrogens (tertiary/aromatic N) is 3. The first-order chi connectivity index (χ1) is 9.72. The summed E-state index contributed by atoms with van der Waals surface area (Å²) in [5.74, 6) is 2.41. The molecule has 106 valence electrons. The standard InChI is InChI=1S/C15H20N4O/c1-19(11-4-9-6-12(20)7-10(9)5-11)15-13-2-3-16-14(13)17-8-18-15/h2-3,8-12,20H,4-7H2,1H3,(H,16,17,18)/t9-,10+,11?,12?. The van der Waals surface area contributed by atoms with E-state index in [4.69, 9.17) is 0 Å². The highest BCUT2D eigenvalue weighted by atomic mass is 16.3. The average molecular weight is 272 g/mol. The van der Waals surface area contributed by atoms with Crippen molar-refractivity contribution < 1.29 is 5.11 Å². The van der Waals surface area contributed by atoms with Crippen LogP contribution >= 0.6 is 0 Å². The summed E-state index contributed by atoms with van der Waals surface area (Å²) < 4.78 is 0. The maximum absolute atomic E-state index is 9.75. The Morgan fingerprint density at radius 1 is 1.20 bits per heavy atom. The molecule has 4 rings (SSSR count). The first-order valence-corrected chi connectivity index (χ1v) is 7.41. The van der Waals surface area contributed by atoms with Gasteiger partial charge in [0.25, 0.3) is 0 Å². The molecular formula is C15H20N4O. The number of anilines is 1. The molecule has 2 aromatic heterocycles. The Balaban J connectivity index is 1.59. The van der Waals surface area contributed by atoms with Gasteiger partial charge in [-0.15, -0.1) is 0 Å². The lowest BCUT2D eigenvalue weighted by molar-refractivity contribution is 0.171. The summed E-state index contributed by atoms with van der Waals surface area (Å²) in [4.78, 5) is 14.2. The van der Waals surface area contributed by atoms with E-state index in [2.05, 4.69) is 26.9 Å². The molecule has 2 heterocycles. The highest BCUT2D eigenvalue weighted by molar-refractivity contribution is 5.87. The molecule has 2 aromatic rings. The van der Waals surface area contributed by atoms with Crippen LogP contribution in [0.4, 0.5) is 5.82 Å². The van der Waals surface area contributed by atoms with Crippen molar-refractivity contribution in [1.82, 2.24) is 15.0 Å². The predicted molar refractivity (Wildman–Crippen MR) is 77.5 cm³/mol. The Hall–Kier alpha value is -1.62. The van der Waals surface area contributed by atoms with E-state index in [1.54, 1.807) is 6.33 Å². The SMILES string of the molecule is CN(c1ncnc2[nH]ccc12)C1C[C@H]2CC(O)C[C@H]2C1. The Kier molecular flexibility index (Phi) is 2.70. The van der Waals surface area contributed by atoms with E-state index in [0.29, 0.717) is 17.9 Å². The lowest BCUT2D eigenvalue weighted by Gasteiger charge is -2.27. The van der Waals surface area contributed by atoms with Gasteiger partial charge >= 0.3 is 0 Å². The normalized spacial score (nSPS) is 32.7. The van der Waals surface area contributed by atoms with Crippen molar-refractivity contribution in [1.29, 1.82) is 0 Å². The molecule has 0 spiro atoms. The van der Waals surface area contributed by atoms with E-state index in [-0.39, 0.29) is 6.10 Å². The molecule has 0 bridgehead atoms. The second-order valence-corrected chi connectivity index (χ2v) is 6.32. The lowest BCUT2D eigenvalue weighted by Crippen LogP contribution is -2.31. The zero-order chi connectivity index (χ0) is 13.7. The van der Waals surface area contributed by atoms with Gasteiger partial charge in [-0.05, 0) is 43.6 Å². The highest BCUT2D eigenvalue weighted by Crippen LogP contribution is 2.46. The van der Waals surface area contributed by atoms with Gasteiger partial charge in [0, 0.05) is 19.3 Å². The van der Waals surface area contributed by atoms with Gasteiger partial charge in [-0.25, -0.2) is 9.97 Å². The molecule has 0 radical (unpaired) electrons. The first-order valence-electron chi connectivity index (χ1n) is 7.41. The maximum Gasteiger partial charge on any atom is 0.142 e. The lowest BCUT2D eigenvalue weighted by atomic mass is 10.0. The van der Waals surface area contributed by atoms with Crippen LogP contribution in [0.2, 0.25) is 0 Å². The molecule has 4 atom stereocenters. The molecule has 0 aromatic carbocycles. The van der Waals surface area contributed by atoms with Crippen molar-refractivity contribution in [3.63, 3.8) is 0 Å². The fraction of sp³-hybridized carbons (Fsp3) is 0.600. The molecule has 2 unspecified atom stereocenters. The molecule has 5 heteroatoms. The molecule has 0 amide bonds. The zero-order valence-corrected chi connectivity index (χ0v) is 11.7. The van der Waals surface area contributed by atoms with Crippen LogP contribution in [-0.4, -0.2) is 39.3 Å². The van der Waals surface area contributed by atoms with Crippen LogP contribution in [0.5, 0.6) is 0 Å².